The van der Waals surface area contributed by atoms with Crippen molar-refractivity contribution in [2.75, 3.05) is 19.4 Å². The van der Waals surface area contributed by atoms with Crippen LogP contribution in [0.2, 0.25) is 0 Å². The van der Waals surface area contributed by atoms with Crippen LogP contribution in [0, 0.1) is 0 Å². The molecule has 0 aliphatic rings. The first-order valence-electron chi connectivity index (χ1n) is 6.22. The molecule has 0 aliphatic heterocycles. The number of sulfonamides is 1. The second-order valence-corrected chi connectivity index (χ2v) is 7.23. The van der Waals surface area contributed by atoms with E-state index < -0.39 is 15.6 Å². The monoisotopic (exact) mass is 298 g/mol. The average molecular weight is 298 g/mol. The van der Waals surface area contributed by atoms with Crippen LogP contribution >= 0.6 is 0 Å². The molecule has 0 amide bonds. The number of nitrogens with two attached hydrogens (primary N) is 1. The van der Waals surface area contributed by atoms with Gasteiger partial charge in [0.15, 0.2) is 0 Å². The van der Waals surface area contributed by atoms with Gasteiger partial charge in [0.25, 0.3) is 0 Å². The molecular formula is C14H22N2O3S. The first kappa shape index (κ1) is 16.5. The summed E-state index contributed by atoms with van der Waals surface area (Å²) in [6, 6.07) is 4.55. The van der Waals surface area contributed by atoms with Crippen LogP contribution in [0.3, 0.4) is 0 Å². The predicted octanol–water partition coefficient (Wildman–Crippen LogP) is 2.25. The number of benzene rings is 1. The minimum absolute atomic E-state index is 0.0788. The predicted molar refractivity (Wildman–Crippen MR) is 81.2 cm³/mol. The molecule has 0 bridgehead atoms. The molecule has 0 unspecified atom stereocenters. The maximum absolute atomic E-state index is 12.7. The second-order valence-electron chi connectivity index (χ2n) is 5.40. The lowest BCUT2D eigenvalue weighted by molar-refractivity contribution is 0.270. The van der Waals surface area contributed by atoms with Gasteiger partial charge in [-0.3, -0.25) is 0 Å². The van der Waals surface area contributed by atoms with Gasteiger partial charge in [-0.1, -0.05) is 6.08 Å². The first-order chi connectivity index (χ1) is 9.14. The summed E-state index contributed by atoms with van der Waals surface area (Å²) >= 11 is 0. The van der Waals surface area contributed by atoms with Crippen LogP contribution in [-0.4, -0.2) is 31.9 Å². The lowest BCUT2D eigenvalue weighted by atomic mass is 10.1. The number of hydrogen-bond acceptors (Lipinski definition) is 4. The van der Waals surface area contributed by atoms with Crippen molar-refractivity contribution in [3.8, 4) is 5.75 Å². The third kappa shape index (κ3) is 3.32. The van der Waals surface area contributed by atoms with Gasteiger partial charge in [0, 0.05) is 18.2 Å². The zero-order chi connectivity index (χ0) is 15.6. The second kappa shape index (κ2) is 5.85. The molecule has 112 valence electrons. The van der Waals surface area contributed by atoms with Gasteiger partial charge in [0.05, 0.1) is 12.8 Å². The summed E-state index contributed by atoms with van der Waals surface area (Å²) in [7, 11) is -2.19. The maximum Gasteiger partial charge on any atom is 0.245 e. The average Bonchev–Trinajstić information content (AvgIpc) is 2.33. The third-order valence-corrected chi connectivity index (χ3v) is 5.03. The lowest BCUT2D eigenvalue weighted by Crippen LogP contribution is -2.45. The molecule has 5 nitrogen and oxygen atoms in total. The van der Waals surface area contributed by atoms with E-state index in [1.165, 1.54) is 23.5 Å². The van der Waals surface area contributed by atoms with E-state index in [1.54, 1.807) is 12.1 Å². The summed E-state index contributed by atoms with van der Waals surface area (Å²) in [5, 5.41) is 0. The highest BCUT2D eigenvalue weighted by molar-refractivity contribution is 7.89. The van der Waals surface area contributed by atoms with Crippen LogP contribution in [0.4, 0.5) is 5.69 Å². The molecule has 1 aromatic rings. The number of nitrogens with zero attached hydrogens (tertiary/aromatic N) is 1. The van der Waals surface area contributed by atoms with E-state index in [-0.39, 0.29) is 17.1 Å². The number of anilines is 1. The topological polar surface area (TPSA) is 72.6 Å². The van der Waals surface area contributed by atoms with Gasteiger partial charge in [-0.25, -0.2) is 8.42 Å². The molecule has 0 atom stereocenters. The summed E-state index contributed by atoms with van der Waals surface area (Å²) in [6.07, 6.45) is 1.56. The quantitative estimate of drug-likeness (QED) is 0.668. The van der Waals surface area contributed by atoms with Crippen molar-refractivity contribution in [2.45, 2.75) is 31.2 Å². The molecule has 0 spiro atoms. The first-order valence-corrected chi connectivity index (χ1v) is 7.66. The molecule has 1 aromatic carbocycles. The minimum atomic E-state index is -3.70. The fraction of sp³-hybridized carbons (Fsp3) is 0.429. The van der Waals surface area contributed by atoms with E-state index in [0.29, 0.717) is 5.75 Å². The van der Waals surface area contributed by atoms with Gasteiger partial charge in [0.1, 0.15) is 10.6 Å². The Morgan fingerprint density at radius 3 is 2.40 bits per heavy atom. The summed E-state index contributed by atoms with van der Waals surface area (Å²) in [4.78, 5) is 0.0788. The summed E-state index contributed by atoms with van der Waals surface area (Å²) in [5.41, 5.74) is 5.45. The molecule has 0 aromatic heterocycles. The number of hydrogen-bond donors (Lipinski definition) is 1. The molecule has 1 rings (SSSR count). The SMILES string of the molecule is C=CCN(C(C)(C)C)S(=O)(=O)c1ccc(OC)cc1N. The van der Waals surface area contributed by atoms with Gasteiger partial charge in [0.2, 0.25) is 10.0 Å². The smallest absolute Gasteiger partial charge is 0.245 e. The molecule has 0 aliphatic carbocycles. The van der Waals surface area contributed by atoms with E-state index >= 15 is 0 Å². The molecule has 0 heterocycles. The van der Waals surface area contributed by atoms with E-state index in [0.717, 1.165) is 0 Å². The van der Waals surface area contributed by atoms with E-state index in [2.05, 4.69) is 6.58 Å². The van der Waals surface area contributed by atoms with Crippen LogP contribution in [0.25, 0.3) is 0 Å². The number of rotatable bonds is 5. The number of methoxy groups -OCH3 is 1. The van der Waals surface area contributed by atoms with Crippen LogP contribution in [0.5, 0.6) is 5.75 Å². The molecular weight excluding hydrogens is 276 g/mol. The molecule has 6 heteroatoms. The van der Waals surface area contributed by atoms with Crippen molar-refractivity contribution in [2.24, 2.45) is 0 Å². The summed E-state index contributed by atoms with van der Waals surface area (Å²) in [5.74, 6) is 0.521. The lowest BCUT2D eigenvalue weighted by Gasteiger charge is -2.33. The van der Waals surface area contributed by atoms with Gasteiger partial charge in [-0.05, 0) is 32.9 Å². The highest BCUT2D eigenvalue weighted by Crippen LogP contribution is 2.30. The normalized spacial score (nSPS) is 12.4. The molecule has 0 saturated carbocycles. The summed E-state index contributed by atoms with van der Waals surface area (Å²) < 4.78 is 31.9. The van der Waals surface area contributed by atoms with Crippen molar-refractivity contribution < 1.29 is 13.2 Å². The Morgan fingerprint density at radius 1 is 1.40 bits per heavy atom. The summed E-state index contributed by atoms with van der Waals surface area (Å²) in [6.45, 7) is 9.31. The minimum Gasteiger partial charge on any atom is -0.497 e. The van der Waals surface area contributed by atoms with Gasteiger partial charge in [-0.15, -0.1) is 6.58 Å². The standard InChI is InChI=1S/C14H22N2O3S/c1-6-9-16(14(2,3)4)20(17,18)13-8-7-11(19-5)10-12(13)15/h6-8,10H,1,9,15H2,2-5H3. The van der Waals surface area contributed by atoms with Crippen molar-refractivity contribution in [1.29, 1.82) is 0 Å². The number of ether oxygens (including phenoxy) is 1. The van der Waals surface area contributed by atoms with Crippen LogP contribution in [0.15, 0.2) is 35.7 Å². The molecule has 0 radical (unpaired) electrons. The Labute approximate surface area is 121 Å². The van der Waals surface area contributed by atoms with Crippen LogP contribution in [-0.2, 0) is 10.0 Å². The van der Waals surface area contributed by atoms with Gasteiger partial charge < -0.3 is 10.5 Å². The Balaban J connectivity index is 3.37. The molecule has 0 saturated heterocycles. The Kier molecular flexibility index (Phi) is 4.83. The van der Waals surface area contributed by atoms with Crippen LogP contribution < -0.4 is 10.5 Å². The molecule has 2 N–H and O–H groups in total. The van der Waals surface area contributed by atoms with E-state index in [9.17, 15) is 8.42 Å². The zero-order valence-electron chi connectivity index (χ0n) is 12.4. The van der Waals surface area contributed by atoms with Gasteiger partial charge >= 0.3 is 0 Å². The van der Waals surface area contributed by atoms with Gasteiger partial charge in [-0.2, -0.15) is 4.31 Å². The zero-order valence-corrected chi connectivity index (χ0v) is 13.2. The Morgan fingerprint density at radius 2 is 2.00 bits per heavy atom. The van der Waals surface area contributed by atoms with E-state index in [4.69, 9.17) is 10.5 Å². The Bertz CT molecular complexity index is 589. The van der Waals surface area contributed by atoms with Crippen molar-refractivity contribution in [3.05, 3.63) is 30.9 Å². The fourth-order valence-corrected chi connectivity index (χ4v) is 3.71. The van der Waals surface area contributed by atoms with Crippen molar-refractivity contribution in [3.63, 3.8) is 0 Å². The van der Waals surface area contributed by atoms with Crippen molar-refractivity contribution >= 4 is 15.7 Å². The molecule has 0 fully saturated rings. The molecule has 20 heavy (non-hydrogen) atoms. The van der Waals surface area contributed by atoms with Crippen molar-refractivity contribution in [1.82, 2.24) is 4.31 Å². The third-order valence-electron chi connectivity index (χ3n) is 2.83. The Hall–Kier alpha value is -1.53. The highest BCUT2D eigenvalue weighted by Gasteiger charge is 2.34. The van der Waals surface area contributed by atoms with E-state index in [1.807, 2.05) is 20.8 Å². The highest BCUT2D eigenvalue weighted by atomic mass is 32.2. The fourth-order valence-electron chi connectivity index (χ4n) is 1.86. The number of nitrogen functional groups attached to an aromatic ring is 1. The maximum atomic E-state index is 12.7. The van der Waals surface area contributed by atoms with Crippen LogP contribution in [0.1, 0.15) is 20.8 Å². The largest absolute Gasteiger partial charge is 0.497 e.